The first kappa shape index (κ1) is 13.7. The van der Waals surface area contributed by atoms with Gasteiger partial charge in [0.1, 0.15) is 23.3 Å². The Labute approximate surface area is 106 Å². The Bertz CT molecular complexity index is 408. The number of rotatable bonds is 4. The lowest BCUT2D eigenvalue weighted by Crippen LogP contribution is -2.35. The van der Waals surface area contributed by atoms with Crippen molar-refractivity contribution in [1.82, 2.24) is 15.3 Å². The number of amides is 1. The standard InChI is InChI=1S/C11H17ClN4O/c1-6(2)8-9(12)14-5-15-10(8)16-7(3)11(17)13-4/h5-7H,1-4H3,(H,13,17)(H,14,15,16). The van der Waals surface area contributed by atoms with Gasteiger partial charge in [-0.15, -0.1) is 0 Å². The van der Waals surface area contributed by atoms with Crippen molar-refractivity contribution >= 4 is 23.3 Å². The van der Waals surface area contributed by atoms with Crippen molar-refractivity contribution in [1.29, 1.82) is 0 Å². The van der Waals surface area contributed by atoms with E-state index in [1.54, 1.807) is 14.0 Å². The maximum Gasteiger partial charge on any atom is 0.241 e. The molecule has 1 rings (SSSR count). The average molecular weight is 257 g/mol. The van der Waals surface area contributed by atoms with Crippen LogP contribution in [0, 0.1) is 0 Å². The smallest absolute Gasteiger partial charge is 0.241 e. The Morgan fingerprint density at radius 1 is 1.35 bits per heavy atom. The lowest BCUT2D eigenvalue weighted by Gasteiger charge is -2.17. The number of aromatic nitrogens is 2. The van der Waals surface area contributed by atoms with Gasteiger partial charge in [-0.3, -0.25) is 4.79 Å². The lowest BCUT2D eigenvalue weighted by molar-refractivity contribution is -0.121. The van der Waals surface area contributed by atoms with Gasteiger partial charge < -0.3 is 10.6 Å². The van der Waals surface area contributed by atoms with Crippen molar-refractivity contribution in [3.05, 3.63) is 17.0 Å². The van der Waals surface area contributed by atoms with E-state index in [2.05, 4.69) is 20.6 Å². The van der Waals surface area contributed by atoms with Crippen LogP contribution in [0.25, 0.3) is 0 Å². The predicted octanol–water partition coefficient (Wildman–Crippen LogP) is 1.80. The fraction of sp³-hybridized carbons (Fsp3) is 0.545. The second-order valence-electron chi connectivity index (χ2n) is 4.06. The second-order valence-corrected chi connectivity index (χ2v) is 4.42. The van der Waals surface area contributed by atoms with E-state index >= 15 is 0 Å². The summed E-state index contributed by atoms with van der Waals surface area (Å²) in [7, 11) is 1.59. The van der Waals surface area contributed by atoms with Gasteiger partial charge in [-0.25, -0.2) is 9.97 Å². The fourth-order valence-corrected chi connectivity index (χ4v) is 1.84. The van der Waals surface area contributed by atoms with Crippen molar-refractivity contribution in [2.45, 2.75) is 32.7 Å². The van der Waals surface area contributed by atoms with Gasteiger partial charge in [0.25, 0.3) is 0 Å². The molecule has 1 atom stereocenters. The van der Waals surface area contributed by atoms with Crippen LogP contribution in [0.5, 0.6) is 0 Å². The molecule has 0 aromatic carbocycles. The summed E-state index contributed by atoms with van der Waals surface area (Å²) >= 11 is 6.03. The molecule has 1 amide bonds. The van der Waals surface area contributed by atoms with Crippen LogP contribution >= 0.6 is 11.6 Å². The summed E-state index contributed by atoms with van der Waals surface area (Å²) < 4.78 is 0. The zero-order chi connectivity index (χ0) is 13.0. The van der Waals surface area contributed by atoms with Crippen molar-refractivity contribution < 1.29 is 4.79 Å². The minimum Gasteiger partial charge on any atom is -0.358 e. The Hall–Kier alpha value is -1.36. The molecule has 0 aliphatic heterocycles. The van der Waals surface area contributed by atoms with E-state index in [4.69, 9.17) is 11.6 Å². The first-order valence-corrected chi connectivity index (χ1v) is 5.83. The molecule has 1 aromatic heterocycles. The van der Waals surface area contributed by atoms with Gasteiger partial charge in [0.05, 0.1) is 0 Å². The lowest BCUT2D eigenvalue weighted by atomic mass is 10.1. The number of carbonyl (C=O) groups is 1. The van der Waals surface area contributed by atoms with E-state index in [9.17, 15) is 4.79 Å². The minimum atomic E-state index is -0.372. The second kappa shape index (κ2) is 5.82. The number of hydrogen-bond acceptors (Lipinski definition) is 4. The first-order chi connectivity index (χ1) is 7.97. The topological polar surface area (TPSA) is 66.9 Å². The molecule has 0 saturated carbocycles. The maximum absolute atomic E-state index is 11.4. The van der Waals surface area contributed by atoms with Crippen molar-refractivity contribution in [2.24, 2.45) is 0 Å². The molecule has 17 heavy (non-hydrogen) atoms. The van der Waals surface area contributed by atoms with Gasteiger partial charge in [-0.1, -0.05) is 25.4 Å². The molecule has 0 aliphatic carbocycles. The number of anilines is 1. The number of halogens is 1. The Morgan fingerprint density at radius 2 is 2.00 bits per heavy atom. The molecule has 5 nitrogen and oxygen atoms in total. The molecule has 0 saturated heterocycles. The van der Waals surface area contributed by atoms with Crippen molar-refractivity contribution in [3.8, 4) is 0 Å². The number of carbonyl (C=O) groups excluding carboxylic acids is 1. The maximum atomic E-state index is 11.4. The van der Waals surface area contributed by atoms with Gasteiger partial charge in [0.15, 0.2) is 0 Å². The molecular formula is C11H17ClN4O. The highest BCUT2D eigenvalue weighted by Crippen LogP contribution is 2.28. The number of nitrogens with zero attached hydrogens (tertiary/aromatic N) is 2. The zero-order valence-electron chi connectivity index (χ0n) is 10.4. The molecule has 1 aromatic rings. The molecule has 6 heteroatoms. The first-order valence-electron chi connectivity index (χ1n) is 5.45. The van der Waals surface area contributed by atoms with E-state index in [-0.39, 0.29) is 17.9 Å². The highest BCUT2D eigenvalue weighted by Gasteiger charge is 2.17. The molecule has 0 fully saturated rings. The van der Waals surface area contributed by atoms with Crippen LogP contribution in [0.1, 0.15) is 32.3 Å². The number of hydrogen-bond donors (Lipinski definition) is 2. The van der Waals surface area contributed by atoms with Crippen molar-refractivity contribution in [2.75, 3.05) is 12.4 Å². The quantitative estimate of drug-likeness (QED) is 0.807. The third-order valence-corrected chi connectivity index (χ3v) is 2.71. The third kappa shape index (κ3) is 3.30. The summed E-state index contributed by atoms with van der Waals surface area (Å²) in [5.74, 6) is 0.689. The van der Waals surface area contributed by atoms with Crippen LogP contribution in [0.3, 0.4) is 0 Å². The Kier molecular flexibility index (Phi) is 4.69. The van der Waals surface area contributed by atoms with Crippen molar-refractivity contribution in [3.63, 3.8) is 0 Å². The van der Waals surface area contributed by atoms with E-state index in [1.165, 1.54) is 6.33 Å². The summed E-state index contributed by atoms with van der Waals surface area (Å²) in [5.41, 5.74) is 0.824. The number of likely N-dealkylation sites (N-methyl/N-ethyl adjacent to an activating group) is 1. The molecule has 2 N–H and O–H groups in total. The molecule has 0 bridgehead atoms. The molecule has 0 spiro atoms. The van der Waals surface area contributed by atoms with Gasteiger partial charge in [0, 0.05) is 12.6 Å². The van der Waals surface area contributed by atoms with Crippen LogP contribution in [0.2, 0.25) is 5.15 Å². The summed E-state index contributed by atoms with van der Waals surface area (Å²) in [6, 6.07) is -0.372. The van der Waals surface area contributed by atoms with Crippen LogP contribution in [-0.2, 0) is 4.79 Å². The van der Waals surface area contributed by atoms with Crippen LogP contribution in [-0.4, -0.2) is 29.0 Å². The van der Waals surface area contributed by atoms with Gasteiger partial charge in [-0.2, -0.15) is 0 Å². The Balaban J connectivity index is 2.98. The van der Waals surface area contributed by atoms with Gasteiger partial charge in [-0.05, 0) is 12.8 Å². The Morgan fingerprint density at radius 3 is 2.53 bits per heavy atom. The highest BCUT2D eigenvalue weighted by molar-refractivity contribution is 6.30. The van der Waals surface area contributed by atoms with E-state index in [0.29, 0.717) is 11.0 Å². The fourth-order valence-electron chi connectivity index (χ4n) is 1.49. The SMILES string of the molecule is CNC(=O)C(C)Nc1ncnc(Cl)c1C(C)C. The molecule has 1 unspecified atom stereocenters. The monoisotopic (exact) mass is 256 g/mol. The molecule has 0 radical (unpaired) electrons. The highest BCUT2D eigenvalue weighted by atomic mass is 35.5. The van der Waals surface area contributed by atoms with Crippen LogP contribution in [0.4, 0.5) is 5.82 Å². The van der Waals surface area contributed by atoms with Crippen LogP contribution < -0.4 is 10.6 Å². The summed E-state index contributed by atoms with van der Waals surface area (Å²) in [4.78, 5) is 19.5. The molecule has 1 heterocycles. The molecular weight excluding hydrogens is 240 g/mol. The minimum absolute atomic E-state index is 0.102. The summed E-state index contributed by atoms with van der Waals surface area (Å²) in [5, 5.41) is 6.02. The third-order valence-electron chi connectivity index (χ3n) is 2.41. The largest absolute Gasteiger partial charge is 0.358 e. The summed E-state index contributed by atoms with van der Waals surface area (Å²) in [6.45, 7) is 5.76. The van der Waals surface area contributed by atoms with Crippen LogP contribution in [0.15, 0.2) is 6.33 Å². The summed E-state index contributed by atoms with van der Waals surface area (Å²) in [6.07, 6.45) is 1.38. The van der Waals surface area contributed by atoms with E-state index in [1.807, 2.05) is 13.8 Å². The van der Waals surface area contributed by atoms with E-state index < -0.39 is 0 Å². The van der Waals surface area contributed by atoms with E-state index in [0.717, 1.165) is 5.56 Å². The molecule has 94 valence electrons. The molecule has 0 aliphatic rings. The number of nitrogens with one attached hydrogen (secondary N) is 2. The normalized spacial score (nSPS) is 12.4. The van der Waals surface area contributed by atoms with Gasteiger partial charge in [0.2, 0.25) is 5.91 Å². The van der Waals surface area contributed by atoms with Gasteiger partial charge >= 0.3 is 0 Å². The zero-order valence-corrected chi connectivity index (χ0v) is 11.2. The predicted molar refractivity (Wildman–Crippen MR) is 68.3 cm³/mol. The average Bonchev–Trinajstić information content (AvgIpc) is 2.27.